The Hall–Kier alpha value is -3.12. The van der Waals surface area contributed by atoms with E-state index in [0.29, 0.717) is 31.0 Å². The van der Waals surface area contributed by atoms with E-state index in [-0.39, 0.29) is 56.7 Å². The number of hydrogen-bond acceptors (Lipinski definition) is 15. The van der Waals surface area contributed by atoms with Crippen molar-refractivity contribution in [2.24, 2.45) is 5.92 Å². The second-order valence-electron chi connectivity index (χ2n) is 14.5. The van der Waals surface area contributed by atoms with Crippen molar-refractivity contribution >= 4 is 64.0 Å². The van der Waals surface area contributed by atoms with Gasteiger partial charge in [0, 0.05) is 48.8 Å². The third-order valence-corrected chi connectivity index (χ3v) is 10.9. The molecule has 20 heteroatoms. The second kappa shape index (κ2) is 21.9. The van der Waals surface area contributed by atoms with E-state index in [1.807, 2.05) is 29.8 Å². The number of hydrazine groups is 1. The number of epoxide rings is 1. The van der Waals surface area contributed by atoms with Crippen molar-refractivity contribution in [3.8, 4) is 5.75 Å². The molecule has 0 aromatic heterocycles. The molecule has 3 amide bonds. The molecule has 6 N–H and O–H groups in total. The van der Waals surface area contributed by atoms with E-state index in [2.05, 4.69) is 19.7 Å². The number of halogens is 2. The lowest BCUT2D eigenvalue weighted by atomic mass is 9.83. The smallest absolute Gasteiger partial charge is 0.409 e. The topological polar surface area (TPSA) is 228 Å². The predicted octanol–water partition coefficient (Wildman–Crippen LogP) is 2.01. The fourth-order valence-corrected chi connectivity index (χ4v) is 7.20. The first kappa shape index (κ1) is 47.6. The lowest BCUT2D eigenvalue weighted by molar-refractivity contribution is -0.166. The molecule has 0 aliphatic carbocycles. The highest BCUT2D eigenvalue weighted by atomic mass is 127. The van der Waals surface area contributed by atoms with Crippen LogP contribution in [0.3, 0.4) is 0 Å². The van der Waals surface area contributed by atoms with Crippen LogP contribution in [0.4, 0.5) is 10.5 Å². The number of ether oxygens (including phenoxy) is 7. The number of methoxy groups -OCH3 is 1. The lowest BCUT2D eigenvalue weighted by Crippen LogP contribution is -2.63. The Bertz CT molecular complexity index is 1670. The number of benzene rings is 1. The Morgan fingerprint density at radius 2 is 1.88 bits per heavy atom. The predicted molar refractivity (Wildman–Crippen MR) is 219 cm³/mol. The Kier molecular flexibility index (Phi) is 18.0. The van der Waals surface area contributed by atoms with E-state index < -0.39 is 65.7 Å². The number of nitrogens with zero attached hydrogens (tertiary/aromatic N) is 1. The average molecular weight is 952 g/mol. The number of anilines is 1. The molecule has 4 bridgehead atoms. The van der Waals surface area contributed by atoms with Crippen molar-refractivity contribution in [3.05, 3.63) is 46.5 Å². The van der Waals surface area contributed by atoms with Crippen molar-refractivity contribution in [1.29, 1.82) is 0 Å². The van der Waals surface area contributed by atoms with Crippen molar-refractivity contribution in [3.63, 3.8) is 0 Å². The molecule has 1 aromatic carbocycles. The van der Waals surface area contributed by atoms with Crippen LogP contribution in [0.15, 0.2) is 35.9 Å². The summed E-state index contributed by atoms with van der Waals surface area (Å²) in [5.74, 6) is -1.61. The summed E-state index contributed by atoms with van der Waals surface area (Å²) < 4.78 is 42.6. The third kappa shape index (κ3) is 12.9. The highest BCUT2D eigenvalue weighted by Crippen LogP contribution is 2.49. The molecule has 18 nitrogen and oxygen atoms in total. The number of fused-ring (bicyclic) bond motifs is 5. The van der Waals surface area contributed by atoms with Gasteiger partial charge in [-0.1, -0.05) is 42.3 Å². The van der Waals surface area contributed by atoms with E-state index in [1.54, 1.807) is 45.2 Å². The molecule has 58 heavy (non-hydrogen) atoms. The van der Waals surface area contributed by atoms with Gasteiger partial charge in [0.15, 0.2) is 11.8 Å². The van der Waals surface area contributed by atoms with Crippen molar-refractivity contribution in [2.75, 3.05) is 65.2 Å². The molecule has 4 rings (SSSR count). The van der Waals surface area contributed by atoms with Gasteiger partial charge in [-0.05, 0) is 44.9 Å². The number of alkyl carbamates (subject to hydrolysis) is 1. The van der Waals surface area contributed by atoms with Gasteiger partial charge >= 0.3 is 12.1 Å². The molecular weight excluding hydrogens is 897 g/mol. The van der Waals surface area contributed by atoms with E-state index in [0.717, 1.165) is 11.1 Å². The number of rotatable bonds is 16. The molecule has 0 saturated carbocycles. The summed E-state index contributed by atoms with van der Waals surface area (Å²) in [5, 5.41) is 27.7. The highest BCUT2D eigenvalue weighted by molar-refractivity contribution is 14.1. The van der Waals surface area contributed by atoms with Crippen LogP contribution in [0.1, 0.15) is 46.1 Å². The maximum absolute atomic E-state index is 14.1. The lowest BCUT2D eigenvalue weighted by Gasteiger charge is -2.41. The molecule has 0 radical (unpaired) electrons. The zero-order valence-electron chi connectivity index (χ0n) is 33.5. The van der Waals surface area contributed by atoms with Crippen molar-refractivity contribution < 1.29 is 62.5 Å². The summed E-state index contributed by atoms with van der Waals surface area (Å²) in [5.41, 5.74) is 1.39. The Labute approximate surface area is 357 Å². The van der Waals surface area contributed by atoms with E-state index in [1.165, 1.54) is 25.0 Å². The van der Waals surface area contributed by atoms with Gasteiger partial charge in [0.05, 0.1) is 64.9 Å². The van der Waals surface area contributed by atoms with Crippen LogP contribution in [-0.4, -0.2) is 136 Å². The maximum Gasteiger partial charge on any atom is 0.409 e. The van der Waals surface area contributed by atoms with Crippen LogP contribution in [0.25, 0.3) is 0 Å². The Morgan fingerprint density at radius 3 is 2.59 bits per heavy atom. The molecule has 3 heterocycles. The quantitative estimate of drug-likeness (QED) is 0.0348. The molecule has 8 atom stereocenters. The minimum absolute atomic E-state index is 0.0559. The van der Waals surface area contributed by atoms with Gasteiger partial charge in [-0.25, -0.2) is 15.0 Å². The zero-order chi connectivity index (χ0) is 42.6. The summed E-state index contributed by atoms with van der Waals surface area (Å²) >= 11 is 8.60. The molecule has 1 aromatic rings. The summed E-state index contributed by atoms with van der Waals surface area (Å²) in [6.45, 7) is 8.38. The normalized spacial score (nSPS) is 29.5. The molecule has 2 fully saturated rings. The number of hydrogen-bond donors (Lipinski definition) is 6. The van der Waals surface area contributed by atoms with Gasteiger partial charge in [-0.3, -0.25) is 14.9 Å². The first-order valence-electron chi connectivity index (χ1n) is 18.9. The average Bonchev–Trinajstić information content (AvgIpc) is 3.88. The van der Waals surface area contributed by atoms with Gasteiger partial charge in [-0.2, -0.15) is 3.64 Å². The van der Waals surface area contributed by atoms with Crippen molar-refractivity contribution in [1.82, 2.24) is 19.7 Å². The molecular formula is C38H55ClIN5O13. The molecule has 2 saturated heterocycles. The second-order valence-corrected chi connectivity index (χ2v) is 15.5. The van der Waals surface area contributed by atoms with Crippen LogP contribution in [0.5, 0.6) is 5.75 Å². The van der Waals surface area contributed by atoms with Gasteiger partial charge in [0.25, 0.3) is 0 Å². The number of amides is 3. The number of carbonyl (C=O) groups excluding carboxylic acids is 4. The molecule has 0 unspecified atom stereocenters. The molecule has 3 aliphatic rings. The fraction of sp³-hybridized carbons (Fsp3) is 0.632. The van der Waals surface area contributed by atoms with Crippen LogP contribution in [0, 0.1) is 5.92 Å². The summed E-state index contributed by atoms with van der Waals surface area (Å²) in [6, 6.07) is 3.52. The number of nitrogens with one attached hydrogen (secondary N) is 4. The summed E-state index contributed by atoms with van der Waals surface area (Å²) in [6.07, 6.45) is -1.62. The largest absolute Gasteiger partial charge is 0.495 e. The molecule has 324 valence electrons. The van der Waals surface area contributed by atoms with E-state index >= 15 is 0 Å². The SMILES string of the molecule is COc1cc2cc(c1Cl)N(C)C(=O)C[C@H](OC(=O)[C@H](C)OCCOCCOCCNC(=O)CNNI)[C@]1(C)O[C@H]1[C@H](C)[C@@H]1C[C@@](O)(NC(=O)O1)[C@H](O)/C=C/C=C(\C)C2. The zero-order valence-corrected chi connectivity index (χ0v) is 36.4. The van der Waals surface area contributed by atoms with Crippen LogP contribution >= 0.6 is 34.5 Å². The van der Waals surface area contributed by atoms with Gasteiger partial charge < -0.3 is 53.6 Å². The number of aliphatic hydroxyl groups excluding tert-OH is 1. The van der Waals surface area contributed by atoms with Gasteiger partial charge in [-0.15, -0.1) is 0 Å². The summed E-state index contributed by atoms with van der Waals surface area (Å²) in [7, 11) is 3.03. The summed E-state index contributed by atoms with van der Waals surface area (Å²) in [4.78, 5) is 53.2. The minimum atomic E-state index is -2.06. The van der Waals surface area contributed by atoms with Crippen LogP contribution in [-0.2, 0) is 49.2 Å². The van der Waals surface area contributed by atoms with Crippen molar-refractivity contribution in [2.45, 2.75) is 88.8 Å². The van der Waals surface area contributed by atoms with E-state index in [4.69, 9.17) is 44.8 Å². The number of carbonyl (C=O) groups is 4. The maximum atomic E-state index is 14.1. The van der Waals surface area contributed by atoms with Gasteiger partial charge in [0.2, 0.25) is 11.8 Å². The minimum Gasteiger partial charge on any atom is -0.495 e. The molecule has 0 spiro atoms. The van der Waals surface area contributed by atoms with Crippen LogP contribution in [0.2, 0.25) is 5.02 Å². The van der Waals surface area contributed by atoms with E-state index in [9.17, 15) is 29.4 Å². The van der Waals surface area contributed by atoms with Gasteiger partial charge in [0.1, 0.15) is 34.7 Å². The Balaban J connectivity index is 1.47. The standard InChI is InChI=1S/C38H55ClIN5O13/c1-22-8-7-9-29(46)38(51)20-28(56-36(50)43-38)23(2)34-37(4,58-34)30(19-32(48)45(5)26-17-25(16-22)18-27(52-6)33(26)39)57-35(49)24(3)55-15-14-54-13-12-53-11-10-41-31(47)21-42-44-40/h7-9,17-18,23-24,28-30,34,42,44,46,51H,10-16,19-21H2,1-6H3,(H,41,47)(H,43,50)/b9-7+,22-8+/t23-,24+,28+,29-,30+,34+,37+,38+/m1/s1. The van der Waals surface area contributed by atoms with Crippen LogP contribution < -0.4 is 29.3 Å². The molecule has 3 aliphatic heterocycles. The number of aliphatic hydroxyl groups is 2. The number of allylic oxidation sites excluding steroid dienone is 3. The monoisotopic (exact) mass is 951 g/mol. The fourth-order valence-electron chi connectivity index (χ4n) is 6.69. The first-order chi connectivity index (χ1) is 27.5. The number of esters is 1. The Morgan fingerprint density at radius 1 is 1.17 bits per heavy atom. The highest BCUT2D eigenvalue weighted by Gasteiger charge is 2.64. The first-order valence-corrected chi connectivity index (χ1v) is 20.3. The third-order valence-electron chi connectivity index (χ3n) is 10.2.